The maximum absolute atomic E-state index is 5.92. The minimum atomic E-state index is -0.101. The first-order valence-corrected chi connectivity index (χ1v) is 6.72. The lowest BCUT2D eigenvalue weighted by Gasteiger charge is -2.29. The van der Waals surface area contributed by atoms with Crippen LogP contribution >= 0.6 is 0 Å². The summed E-state index contributed by atoms with van der Waals surface area (Å²) in [5.74, 6) is 0.894. The summed E-state index contributed by atoms with van der Waals surface area (Å²) < 4.78 is 11.5. The molecule has 1 rings (SSSR count). The summed E-state index contributed by atoms with van der Waals surface area (Å²) in [6.45, 7) is 9.45. The van der Waals surface area contributed by atoms with E-state index in [0.717, 1.165) is 25.3 Å². The Bertz CT molecular complexity index is 316. The van der Waals surface area contributed by atoms with Crippen molar-refractivity contribution in [3.63, 3.8) is 0 Å². The van der Waals surface area contributed by atoms with Gasteiger partial charge in [0.05, 0.1) is 12.2 Å². The second-order valence-electron chi connectivity index (χ2n) is 4.59. The van der Waals surface area contributed by atoms with Gasteiger partial charge in [0.25, 0.3) is 0 Å². The number of para-hydroxylation sites is 1. The van der Waals surface area contributed by atoms with Crippen molar-refractivity contribution in [1.82, 2.24) is 5.32 Å². The average molecular weight is 251 g/mol. The first kappa shape index (κ1) is 15.0. The van der Waals surface area contributed by atoms with E-state index < -0.39 is 0 Å². The van der Waals surface area contributed by atoms with Gasteiger partial charge in [-0.1, -0.05) is 32.0 Å². The van der Waals surface area contributed by atoms with Crippen LogP contribution in [0.1, 0.15) is 27.2 Å². The van der Waals surface area contributed by atoms with Crippen LogP contribution < -0.4 is 10.1 Å². The summed E-state index contributed by atoms with van der Waals surface area (Å²) in [7, 11) is 0. The largest absolute Gasteiger partial charge is 0.491 e. The monoisotopic (exact) mass is 251 g/mol. The Morgan fingerprint density at radius 1 is 1.11 bits per heavy atom. The number of hydrogen-bond acceptors (Lipinski definition) is 3. The van der Waals surface area contributed by atoms with Gasteiger partial charge in [-0.2, -0.15) is 0 Å². The molecular weight excluding hydrogens is 226 g/mol. The molecule has 1 aromatic rings. The molecule has 0 fully saturated rings. The molecule has 0 aromatic heterocycles. The molecule has 0 aliphatic carbocycles. The zero-order valence-corrected chi connectivity index (χ0v) is 11.7. The van der Waals surface area contributed by atoms with Crippen molar-refractivity contribution in [2.75, 3.05) is 26.3 Å². The van der Waals surface area contributed by atoms with Crippen LogP contribution in [-0.4, -0.2) is 31.9 Å². The van der Waals surface area contributed by atoms with Crippen LogP contribution in [0.5, 0.6) is 5.75 Å². The normalized spacial score (nSPS) is 14.2. The van der Waals surface area contributed by atoms with Crippen molar-refractivity contribution in [1.29, 1.82) is 0 Å². The summed E-state index contributed by atoms with van der Waals surface area (Å²) in [5.41, 5.74) is -0.101. The van der Waals surface area contributed by atoms with Gasteiger partial charge in [-0.3, -0.25) is 0 Å². The first-order chi connectivity index (χ1) is 8.70. The number of nitrogens with one attached hydrogen (secondary N) is 1. The molecule has 102 valence electrons. The lowest BCUT2D eigenvalue weighted by atomic mass is 10.0. The van der Waals surface area contributed by atoms with E-state index in [-0.39, 0.29) is 5.60 Å². The van der Waals surface area contributed by atoms with Crippen molar-refractivity contribution in [2.45, 2.75) is 32.8 Å². The van der Waals surface area contributed by atoms with E-state index in [9.17, 15) is 0 Å². The minimum Gasteiger partial charge on any atom is -0.491 e. The first-order valence-electron chi connectivity index (χ1n) is 6.72. The highest BCUT2D eigenvalue weighted by atomic mass is 16.5. The fourth-order valence-corrected chi connectivity index (χ4v) is 1.63. The van der Waals surface area contributed by atoms with Crippen molar-refractivity contribution in [3.8, 4) is 5.75 Å². The van der Waals surface area contributed by atoms with Gasteiger partial charge >= 0.3 is 0 Å². The van der Waals surface area contributed by atoms with E-state index in [2.05, 4.69) is 26.1 Å². The Hall–Kier alpha value is -1.06. The molecule has 1 atom stereocenters. The molecule has 0 spiro atoms. The Kier molecular flexibility index (Phi) is 6.76. The van der Waals surface area contributed by atoms with Crippen LogP contribution in [0.15, 0.2) is 30.3 Å². The van der Waals surface area contributed by atoms with Crippen LogP contribution in [0, 0.1) is 0 Å². The third-order valence-electron chi connectivity index (χ3n) is 3.04. The molecule has 0 saturated carbocycles. The molecule has 3 nitrogen and oxygen atoms in total. The molecular formula is C15H25NO2. The number of benzene rings is 1. The van der Waals surface area contributed by atoms with Crippen LogP contribution in [-0.2, 0) is 4.74 Å². The molecule has 0 aliphatic rings. The van der Waals surface area contributed by atoms with Gasteiger partial charge in [0.1, 0.15) is 12.4 Å². The fourth-order valence-electron chi connectivity index (χ4n) is 1.63. The van der Waals surface area contributed by atoms with E-state index >= 15 is 0 Å². The van der Waals surface area contributed by atoms with Gasteiger partial charge in [-0.05, 0) is 32.0 Å². The molecule has 0 bridgehead atoms. The number of likely N-dealkylation sites (N-methyl/N-ethyl adjacent to an activating group) is 1. The Morgan fingerprint density at radius 3 is 2.44 bits per heavy atom. The molecule has 0 heterocycles. The third kappa shape index (κ3) is 5.52. The minimum absolute atomic E-state index is 0.101. The summed E-state index contributed by atoms with van der Waals surface area (Å²) >= 11 is 0. The molecule has 1 aromatic carbocycles. The van der Waals surface area contributed by atoms with Crippen LogP contribution in [0.2, 0.25) is 0 Å². The van der Waals surface area contributed by atoms with Crippen LogP contribution in [0.25, 0.3) is 0 Å². The summed E-state index contributed by atoms with van der Waals surface area (Å²) in [6, 6.07) is 9.83. The van der Waals surface area contributed by atoms with Crippen molar-refractivity contribution >= 4 is 0 Å². The van der Waals surface area contributed by atoms with E-state index in [1.807, 2.05) is 30.3 Å². The molecule has 0 amide bonds. The molecule has 0 radical (unpaired) electrons. The second-order valence-corrected chi connectivity index (χ2v) is 4.59. The summed E-state index contributed by atoms with van der Waals surface area (Å²) in [6.07, 6.45) is 0.991. The van der Waals surface area contributed by atoms with Crippen LogP contribution in [0.3, 0.4) is 0 Å². The van der Waals surface area contributed by atoms with E-state index in [4.69, 9.17) is 9.47 Å². The molecule has 0 saturated heterocycles. The maximum Gasteiger partial charge on any atom is 0.119 e. The maximum atomic E-state index is 5.92. The van der Waals surface area contributed by atoms with E-state index in [1.165, 1.54) is 0 Å². The number of hydrogen-bond donors (Lipinski definition) is 1. The highest BCUT2D eigenvalue weighted by Crippen LogP contribution is 2.14. The topological polar surface area (TPSA) is 30.5 Å². The average Bonchev–Trinajstić information content (AvgIpc) is 2.43. The second kappa shape index (κ2) is 8.11. The number of rotatable bonds is 9. The van der Waals surface area contributed by atoms with E-state index in [0.29, 0.717) is 13.2 Å². The zero-order chi connectivity index (χ0) is 13.3. The highest BCUT2D eigenvalue weighted by molar-refractivity contribution is 5.20. The van der Waals surface area contributed by atoms with Gasteiger partial charge in [0, 0.05) is 6.54 Å². The molecule has 1 N–H and O–H groups in total. The molecule has 0 aliphatic heterocycles. The quantitative estimate of drug-likeness (QED) is 0.685. The SMILES string of the molecule is CCNCC(C)(CC)OCCOc1ccccc1. The summed E-state index contributed by atoms with van der Waals surface area (Å²) in [4.78, 5) is 0. The van der Waals surface area contributed by atoms with Gasteiger partial charge in [0.15, 0.2) is 0 Å². The Balaban J connectivity index is 2.23. The van der Waals surface area contributed by atoms with Crippen molar-refractivity contribution in [2.24, 2.45) is 0 Å². The standard InChI is InChI=1S/C15H25NO2/c1-4-15(3,13-16-5-2)18-12-11-17-14-9-7-6-8-10-14/h6-10,16H,4-5,11-13H2,1-3H3. The predicted octanol–water partition coefficient (Wildman–Crippen LogP) is 2.86. The Labute approximate surface area is 110 Å². The van der Waals surface area contributed by atoms with Crippen molar-refractivity contribution < 1.29 is 9.47 Å². The lowest BCUT2D eigenvalue weighted by molar-refractivity contribution is -0.0433. The van der Waals surface area contributed by atoms with Crippen LogP contribution in [0.4, 0.5) is 0 Å². The lowest BCUT2D eigenvalue weighted by Crippen LogP contribution is -2.40. The molecule has 3 heteroatoms. The number of ether oxygens (including phenoxy) is 2. The van der Waals surface area contributed by atoms with Gasteiger partial charge in [-0.25, -0.2) is 0 Å². The predicted molar refractivity (Wildman–Crippen MR) is 75.1 cm³/mol. The highest BCUT2D eigenvalue weighted by Gasteiger charge is 2.21. The third-order valence-corrected chi connectivity index (χ3v) is 3.04. The fraction of sp³-hybridized carbons (Fsp3) is 0.600. The van der Waals surface area contributed by atoms with Crippen molar-refractivity contribution in [3.05, 3.63) is 30.3 Å². The Morgan fingerprint density at radius 2 is 1.83 bits per heavy atom. The van der Waals surface area contributed by atoms with Gasteiger partial charge in [-0.15, -0.1) is 0 Å². The van der Waals surface area contributed by atoms with E-state index in [1.54, 1.807) is 0 Å². The zero-order valence-electron chi connectivity index (χ0n) is 11.7. The summed E-state index contributed by atoms with van der Waals surface area (Å²) in [5, 5.41) is 3.33. The van der Waals surface area contributed by atoms with Gasteiger partial charge < -0.3 is 14.8 Å². The molecule has 18 heavy (non-hydrogen) atoms. The molecule has 1 unspecified atom stereocenters. The van der Waals surface area contributed by atoms with Gasteiger partial charge in [0.2, 0.25) is 0 Å². The smallest absolute Gasteiger partial charge is 0.119 e.